The molecule has 0 heterocycles. The number of carbonyl (C=O) groups is 2. The van der Waals surface area contributed by atoms with Gasteiger partial charge in [0.05, 0.1) is 0 Å². The molecular weight excluding hydrogens is 266 g/mol. The first kappa shape index (κ1) is 19.9. The van der Waals surface area contributed by atoms with Gasteiger partial charge in [-0.1, -0.05) is 58.3 Å². The maximum Gasteiger partial charge on any atom is 0.216 e. The molecule has 1 N–H and O–H groups in total. The Morgan fingerprint density at radius 2 is 1.43 bits per heavy atom. The van der Waals surface area contributed by atoms with Crippen molar-refractivity contribution in [1.29, 1.82) is 0 Å². The minimum absolute atomic E-state index is 0.0666. The van der Waals surface area contributed by atoms with Crippen molar-refractivity contribution < 1.29 is 14.7 Å². The van der Waals surface area contributed by atoms with Crippen molar-refractivity contribution in [1.82, 2.24) is 5.32 Å². The fourth-order valence-electron chi connectivity index (χ4n) is 2.52. The number of nitrogens with one attached hydrogen (secondary N) is 1. The van der Waals surface area contributed by atoms with Gasteiger partial charge in [-0.15, -0.1) is 0 Å². The van der Waals surface area contributed by atoms with Crippen molar-refractivity contribution in [2.45, 2.75) is 84.5 Å². The van der Waals surface area contributed by atoms with Crippen LogP contribution in [0.3, 0.4) is 0 Å². The molecule has 0 aromatic carbocycles. The summed E-state index contributed by atoms with van der Waals surface area (Å²) in [6.45, 7) is 4.24. The van der Waals surface area contributed by atoms with E-state index in [-0.39, 0.29) is 11.8 Å². The summed E-state index contributed by atoms with van der Waals surface area (Å²) in [5, 5.41) is 13.8. The number of carboxylic acid groups (broad SMARTS) is 1. The topological polar surface area (TPSA) is 69.2 Å². The van der Waals surface area contributed by atoms with Crippen LogP contribution in [0.25, 0.3) is 0 Å². The average molecular weight is 298 g/mol. The van der Waals surface area contributed by atoms with E-state index >= 15 is 0 Å². The monoisotopic (exact) mass is 298 g/mol. The second-order valence-corrected chi connectivity index (χ2v) is 5.90. The lowest BCUT2D eigenvalue weighted by atomic mass is 9.95. The predicted octanol–water partition coefficient (Wildman–Crippen LogP) is 2.80. The highest BCUT2D eigenvalue weighted by atomic mass is 16.4. The highest BCUT2D eigenvalue weighted by Gasteiger charge is 2.09. The first-order chi connectivity index (χ1) is 10.1. The van der Waals surface area contributed by atoms with Crippen molar-refractivity contribution in [3.8, 4) is 0 Å². The van der Waals surface area contributed by atoms with Gasteiger partial charge in [-0.3, -0.25) is 4.79 Å². The van der Waals surface area contributed by atoms with Crippen molar-refractivity contribution in [2.24, 2.45) is 5.92 Å². The van der Waals surface area contributed by atoms with Gasteiger partial charge in [0, 0.05) is 19.4 Å². The lowest BCUT2D eigenvalue weighted by Gasteiger charge is -2.17. The van der Waals surface area contributed by atoms with Gasteiger partial charge in [-0.2, -0.15) is 0 Å². The summed E-state index contributed by atoms with van der Waals surface area (Å²) in [6, 6.07) is 0. The molecule has 0 saturated heterocycles. The second-order valence-electron chi connectivity index (χ2n) is 5.90. The minimum atomic E-state index is -0.944. The van der Waals surface area contributed by atoms with E-state index in [4.69, 9.17) is 0 Å². The number of unbranched alkanes of at least 4 members (excludes halogenated alkanes) is 7. The fraction of sp³-hybridized carbons (Fsp3) is 0.882. The third kappa shape index (κ3) is 13.7. The molecule has 0 rings (SSSR count). The maximum absolute atomic E-state index is 11.1. The first-order valence-electron chi connectivity index (χ1n) is 8.53. The molecule has 0 saturated carbocycles. The van der Waals surface area contributed by atoms with E-state index < -0.39 is 5.97 Å². The van der Waals surface area contributed by atoms with Crippen LogP contribution in [0, 0.1) is 5.92 Å². The normalized spacial score (nSPS) is 12.1. The third-order valence-electron chi connectivity index (χ3n) is 3.84. The van der Waals surface area contributed by atoms with E-state index in [2.05, 4.69) is 12.2 Å². The largest absolute Gasteiger partial charge is 0.550 e. The quantitative estimate of drug-likeness (QED) is 0.501. The van der Waals surface area contributed by atoms with Crippen LogP contribution in [0.2, 0.25) is 0 Å². The van der Waals surface area contributed by atoms with Crippen LogP contribution >= 0.6 is 0 Å². The zero-order chi connectivity index (χ0) is 15.9. The number of aliphatic carboxylic acids is 1. The minimum Gasteiger partial charge on any atom is -0.550 e. The Balaban J connectivity index is 3.56. The van der Waals surface area contributed by atoms with Gasteiger partial charge < -0.3 is 15.2 Å². The molecule has 1 unspecified atom stereocenters. The summed E-state index contributed by atoms with van der Waals surface area (Å²) in [7, 11) is 0. The molecule has 21 heavy (non-hydrogen) atoms. The molecular formula is C17H32NO3-. The van der Waals surface area contributed by atoms with Crippen LogP contribution in [-0.2, 0) is 9.59 Å². The van der Waals surface area contributed by atoms with Crippen LogP contribution in [0.5, 0.6) is 0 Å². The molecule has 0 aromatic rings. The van der Waals surface area contributed by atoms with Crippen LogP contribution in [-0.4, -0.2) is 18.4 Å². The summed E-state index contributed by atoms with van der Waals surface area (Å²) in [4.78, 5) is 21.8. The van der Waals surface area contributed by atoms with Gasteiger partial charge >= 0.3 is 0 Å². The number of hydrogen-bond donors (Lipinski definition) is 1. The van der Waals surface area contributed by atoms with Gasteiger partial charge in [-0.25, -0.2) is 0 Å². The number of hydrogen-bond acceptors (Lipinski definition) is 3. The molecule has 0 bridgehead atoms. The molecule has 0 aliphatic carbocycles. The Kier molecular flexibility index (Phi) is 13.2. The molecule has 0 fully saturated rings. The Hall–Kier alpha value is -1.06. The van der Waals surface area contributed by atoms with E-state index in [0.29, 0.717) is 25.8 Å². The summed E-state index contributed by atoms with van der Waals surface area (Å²) in [5.41, 5.74) is 0. The Morgan fingerprint density at radius 1 is 0.905 bits per heavy atom. The van der Waals surface area contributed by atoms with Crippen molar-refractivity contribution in [2.75, 3.05) is 6.54 Å². The number of carboxylic acids is 1. The van der Waals surface area contributed by atoms with Crippen molar-refractivity contribution in [3.63, 3.8) is 0 Å². The SMILES string of the molecule is CCCCCCCCCCC(CCCNC(C)=O)C(=O)[O-]. The molecule has 4 heteroatoms. The average Bonchev–Trinajstić information content (AvgIpc) is 2.43. The fourth-order valence-corrected chi connectivity index (χ4v) is 2.52. The molecule has 0 radical (unpaired) electrons. The molecule has 1 atom stereocenters. The number of rotatable bonds is 14. The molecule has 0 aromatic heterocycles. The molecule has 0 aliphatic heterocycles. The smallest absolute Gasteiger partial charge is 0.216 e. The zero-order valence-electron chi connectivity index (χ0n) is 13.8. The summed E-state index contributed by atoms with van der Waals surface area (Å²) < 4.78 is 0. The maximum atomic E-state index is 11.1. The highest BCUT2D eigenvalue weighted by Crippen LogP contribution is 2.16. The summed E-state index contributed by atoms with van der Waals surface area (Å²) in [6.07, 6.45) is 11.8. The van der Waals surface area contributed by atoms with E-state index in [9.17, 15) is 14.7 Å². The van der Waals surface area contributed by atoms with Crippen molar-refractivity contribution >= 4 is 11.9 Å². The standard InChI is InChI=1S/C17H33NO3/c1-3-4-5-6-7-8-9-10-12-16(17(20)21)13-11-14-18-15(2)19/h16H,3-14H2,1-2H3,(H,18,19)(H,20,21)/p-1. The molecule has 1 amide bonds. The first-order valence-corrected chi connectivity index (χ1v) is 8.53. The second kappa shape index (κ2) is 13.9. The highest BCUT2D eigenvalue weighted by molar-refractivity contribution is 5.72. The number of amides is 1. The lowest BCUT2D eigenvalue weighted by molar-refractivity contribution is -0.312. The molecule has 124 valence electrons. The third-order valence-corrected chi connectivity index (χ3v) is 3.84. The summed E-state index contributed by atoms with van der Waals surface area (Å²) >= 11 is 0. The Morgan fingerprint density at radius 3 is 1.95 bits per heavy atom. The Labute approximate surface area is 129 Å². The Bertz CT molecular complexity index is 279. The van der Waals surface area contributed by atoms with Crippen LogP contribution in [0.1, 0.15) is 84.5 Å². The van der Waals surface area contributed by atoms with E-state index in [1.54, 1.807) is 0 Å². The molecule has 0 spiro atoms. The lowest BCUT2D eigenvalue weighted by Crippen LogP contribution is -2.32. The van der Waals surface area contributed by atoms with E-state index in [1.807, 2.05) is 0 Å². The summed E-state index contributed by atoms with van der Waals surface area (Å²) in [5.74, 6) is -1.37. The predicted molar refractivity (Wildman–Crippen MR) is 83.6 cm³/mol. The van der Waals surface area contributed by atoms with Crippen LogP contribution < -0.4 is 10.4 Å². The number of carbonyl (C=O) groups excluding carboxylic acids is 2. The van der Waals surface area contributed by atoms with Gasteiger partial charge in [0.25, 0.3) is 0 Å². The van der Waals surface area contributed by atoms with E-state index in [1.165, 1.54) is 45.4 Å². The van der Waals surface area contributed by atoms with Gasteiger partial charge in [0.15, 0.2) is 0 Å². The molecule has 0 aliphatic rings. The zero-order valence-corrected chi connectivity index (χ0v) is 13.8. The van der Waals surface area contributed by atoms with Gasteiger partial charge in [0.2, 0.25) is 5.91 Å². The molecule has 4 nitrogen and oxygen atoms in total. The van der Waals surface area contributed by atoms with Gasteiger partial charge in [0.1, 0.15) is 0 Å². The van der Waals surface area contributed by atoms with Crippen LogP contribution in [0.15, 0.2) is 0 Å². The van der Waals surface area contributed by atoms with E-state index in [0.717, 1.165) is 12.8 Å². The van der Waals surface area contributed by atoms with Crippen molar-refractivity contribution in [3.05, 3.63) is 0 Å². The van der Waals surface area contributed by atoms with Gasteiger partial charge in [-0.05, 0) is 25.2 Å². The van der Waals surface area contributed by atoms with Crippen LogP contribution in [0.4, 0.5) is 0 Å².